The lowest BCUT2D eigenvalue weighted by Crippen LogP contribution is -2.49. The second-order valence-electron chi connectivity index (χ2n) is 11.5. The molecule has 0 aliphatic carbocycles. The highest BCUT2D eigenvalue weighted by Crippen LogP contribution is 2.38. The molecule has 0 saturated carbocycles. The summed E-state index contributed by atoms with van der Waals surface area (Å²) in [6.07, 6.45) is 5.34. The highest BCUT2D eigenvalue weighted by atomic mass is 32.2. The van der Waals surface area contributed by atoms with Gasteiger partial charge in [0.15, 0.2) is 5.82 Å². The summed E-state index contributed by atoms with van der Waals surface area (Å²) in [5, 5.41) is 19.9. The minimum absolute atomic E-state index is 0.0737. The van der Waals surface area contributed by atoms with E-state index in [4.69, 9.17) is 14.5 Å². The zero-order chi connectivity index (χ0) is 29.6. The maximum atomic E-state index is 12.6. The van der Waals surface area contributed by atoms with Gasteiger partial charge in [-0.25, -0.2) is 18.5 Å². The normalized spacial score (nSPS) is 17.2. The van der Waals surface area contributed by atoms with E-state index in [0.29, 0.717) is 32.0 Å². The van der Waals surface area contributed by atoms with Crippen LogP contribution in [-0.2, 0) is 17.5 Å². The Morgan fingerprint density at radius 2 is 1.86 bits per heavy atom. The molecule has 1 saturated heterocycles. The van der Waals surface area contributed by atoms with Gasteiger partial charge in [0.05, 0.1) is 52.1 Å². The molecule has 0 amide bonds. The van der Waals surface area contributed by atoms with Crippen LogP contribution in [0.5, 0.6) is 0 Å². The average Bonchev–Trinajstić information content (AvgIpc) is 3.56. The molecule has 1 N–H and O–H groups in total. The third kappa shape index (κ3) is 5.59. The molecular formula is C31H35N7O3S. The summed E-state index contributed by atoms with van der Waals surface area (Å²) in [6, 6.07) is 16.4. The number of hydrogen-bond donors (Lipinski definition) is 1. The molecule has 0 bridgehead atoms. The lowest BCUT2D eigenvalue weighted by atomic mass is 10.00. The van der Waals surface area contributed by atoms with Gasteiger partial charge in [-0.1, -0.05) is 41.6 Å². The molecular weight excluding hydrogens is 550 g/mol. The van der Waals surface area contributed by atoms with Crippen LogP contribution in [0.25, 0.3) is 33.4 Å². The Kier molecular flexibility index (Phi) is 7.42. The van der Waals surface area contributed by atoms with Crippen LogP contribution in [0.15, 0.2) is 65.4 Å². The topological polar surface area (TPSA) is 113 Å². The molecule has 1 aliphatic rings. The van der Waals surface area contributed by atoms with Crippen LogP contribution in [0.1, 0.15) is 36.9 Å². The van der Waals surface area contributed by atoms with Crippen molar-refractivity contribution in [2.24, 2.45) is 0 Å². The SMILES string of the molecule is Cc1noc(C)c1-c1ccc2nc(-c3cnn(CC(C)(C)O)c3)nc(N3CCN(S(C)=O)C[C@@H]3c3ccccc3)c2c1. The van der Waals surface area contributed by atoms with E-state index < -0.39 is 16.6 Å². The molecule has 6 rings (SSSR count). The third-order valence-electron chi connectivity index (χ3n) is 7.60. The maximum absolute atomic E-state index is 12.6. The quantitative estimate of drug-likeness (QED) is 0.293. The predicted octanol–water partition coefficient (Wildman–Crippen LogP) is 4.69. The molecule has 4 heterocycles. The van der Waals surface area contributed by atoms with Crippen molar-refractivity contribution in [3.05, 3.63) is 77.9 Å². The van der Waals surface area contributed by atoms with Crippen molar-refractivity contribution in [1.82, 2.24) is 29.2 Å². The molecule has 5 aromatic rings. The fourth-order valence-corrected chi connectivity index (χ4v) is 6.37. The van der Waals surface area contributed by atoms with Crippen molar-refractivity contribution in [3.8, 4) is 22.5 Å². The van der Waals surface area contributed by atoms with Crippen LogP contribution >= 0.6 is 0 Å². The lowest BCUT2D eigenvalue weighted by Gasteiger charge is -2.41. The molecule has 1 aliphatic heterocycles. The minimum Gasteiger partial charge on any atom is -0.389 e. The Hall–Kier alpha value is -3.93. The molecule has 42 heavy (non-hydrogen) atoms. The van der Waals surface area contributed by atoms with E-state index in [1.165, 1.54) is 0 Å². The Morgan fingerprint density at radius 3 is 2.55 bits per heavy atom. The Morgan fingerprint density at radius 1 is 1.07 bits per heavy atom. The van der Waals surface area contributed by atoms with Crippen molar-refractivity contribution in [3.63, 3.8) is 0 Å². The van der Waals surface area contributed by atoms with Gasteiger partial charge in [0, 0.05) is 43.0 Å². The summed E-state index contributed by atoms with van der Waals surface area (Å²) < 4.78 is 21.8. The maximum Gasteiger partial charge on any atom is 0.165 e. The van der Waals surface area contributed by atoms with Crippen LogP contribution in [-0.4, -0.2) is 70.0 Å². The number of benzene rings is 2. The van der Waals surface area contributed by atoms with Gasteiger partial charge in [-0.3, -0.25) is 4.68 Å². The highest BCUT2D eigenvalue weighted by Gasteiger charge is 2.32. The molecule has 1 unspecified atom stereocenters. The Labute approximate surface area is 247 Å². The summed E-state index contributed by atoms with van der Waals surface area (Å²) in [4.78, 5) is 12.5. The molecule has 1 fully saturated rings. The summed E-state index contributed by atoms with van der Waals surface area (Å²) in [5.74, 6) is 2.11. The van der Waals surface area contributed by atoms with Gasteiger partial charge in [-0.15, -0.1) is 0 Å². The monoisotopic (exact) mass is 585 g/mol. The van der Waals surface area contributed by atoms with Crippen molar-refractivity contribution >= 4 is 27.7 Å². The second kappa shape index (κ2) is 11.0. The molecule has 10 nitrogen and oxygen atoms in total. The number of piperazine rings is 1. The smallest absolute Gasteiger partial charge is 0.165 e. The van der Waals surface area contributed by atoms with Gasteiger partial charge in [-0.2, -0.15) is 5.10 Å². The summed E-state index contributed by atoms with van der Waals surface area (Å²) in [5.41, 5.74) is 4.56. The van der Waals surface area contributed by atoms with Crippen LogP contribution in [0, 0.1) is 13.8 Å². The first-order valence-corrected chi connectivity index (χ1v) is 15.5. The molecule has 2 atom stereocenters. The van der Waals surface area contributed by atoms with E-state index in [1.807, 2.05) is 54.7 Å². The van der Waals surface area contributed by atoms with E-state index >= 15 is 0 Å². The predicted molar refractivity (Wildman–Crippen MR) is 164 cm³/mol. The fourth-order valence-electron chi connectivity index (χ4n) is 5.68. The number of nitrogens with zero attached hydrogens (tertiary/aromatic N) is 7. The number of aryl methyl sites for hydroxylation is 2. The lowest BCUT2D eigenvalue weighted by molar-refractivity contribution is 0.0577. The van der Waals surface area contributed by atoms with Crippen molar-refractivity contribution in [2.75, 3.05) is 30.8 Å². The van der Waals surface area contributed by atoms with E-state index in [1.54, 1.807) is 31.0 Å². The number of rotatable bonds is 7. The molecule has 218 valence electrons. The van der Waals surface area contributed by atoms with Gasteiger partial charge < -0.3 is 14.5 Å². The van der Waals surface area contributed by atoms with Gasteiger partial charge in [0.25, 0.3) is 0 Å². The first-order chi connectivity index (χ1) is 20.1. The van der Waals surface area contributed by atoms with Crippen molar-refractivity contribution in [1.29, 1.82) is 0 Å². The minimum atomic E-state index is -1.09. The zero-order valence-corrected chi connectivity index (χ0v) is 25.3. The molecule has 2 aromatic carbocycles. The van der Waals surface area contributed by atoms with Gasteiger partial charge in [-0.05, 0) is 51.0 Å². The van der Waals surface area contributed by atoms with Crippen molar-refractivity contribution in [2.45, 2.75) is 45.9 Å². The van der Waals surface area contributed by atoms with Gasteiger partial charge in [0.2, 0.25) is 0 Å². The summed E-state index contributed by atoms with van der Waals surface area (Å²) in [7, 11) is -1.09. The largest absolute Gasteiger partial charge is 0.389 e. The van der Waals surface area contributed by atoms with E-state index in [9.17, 15) is 9.32 Å². The number of fused-ring (bicyclic) bond motifs is 1. The molecule has 0 radical (unpaired) electrons. The summed E-state index contributed by atoms with van der Waals surface area (Å²) >= 11 is 0. The first-order valence-electron chi connectivity index (χ1n) is 14.0. The first kappa shape index (κ1) is 28.2. The third-order valence-corrected chi connectivity index (χ3v) is 8.66. The van der Waals surface area contributed by atoms with E-state index in [2.05, 4.69) is 33.4 Å². The Balaban J connectivity index is 1.53. The molecule has 0 spiro atoms. The van der Waals surface area contributed by atoms with Crippen LogP contribution in [0.4, 0.5) is 5.82 Å². The van der Waals surface area contributed by atoms with Crippen LogP contribution in [0.3, 0.4) is 0 Å². The zero-order valence-electron chi connectivity index (χ0n) is 24.5. The van der Waals surface area contributed by atoms with Crippen LogP contribution in [0.2, 0.25) is 0 Å². The number of aliphatic hydroxyl groups is 1. The molecule has 11 heteroatoms. The van der Waals surface area contributed by atoms with Gasteiger partial charge >= 0.3 is 0 Å². The number of aromatic nitrogens is 5. The van der Waals surface area contributed by atoms with E-state index in [0.717, 1.165) is 50.4 Å². The van der Waals surface area contributed by atoms with Crippen LogP contribution < -0.4 is 4.90 Å². The second-order valence-corrected chi connectivity index (χ2v) is 12.8. The van der Waals surface area contributed by atoms with Crippen molar-refractivity contribution < 1.29 is 13.8 Å². The Bertz CT molecular complexity index is 1740. The number of anilines is 1. The van der Waals surface area contributed by atoms with Gasteiger partial charge in [0.1, 0.15) is 11.6 Å². The molecule has 3 aromatic heterocycles. The summed E-state index contributed by atoms with van der Waals surface area (Å²) in [6.45, 7) is 9.59. The standard InChI is InChI=1S/C31H35N7O3S/c1-20-28(21(2)41-35-20)23-11-12-26-25(15-23)30(34-29(33-26)24-16-32-36(17-24)19-31(3,4)39)38-14-13-37(42(5)40)18-27(38)22-9-7-6-8-10-22/h6-12,15-17,27,39H,13-14,18-19H2,1-5H3/t27-,42?/m1/s1. The van der Waals surface area contributed by atoms with E-state index in [-0.39, 0.29) is 6.04 Å². The fraction of sp³-hybridized carbons (Fsp3) is 0.355. The number of hydrogen-bond acceptors (Lipinski definition) is 8. The average molecular weight is 586 g/mol. The highest BCUT2D eigenvalue weighted by molar-refractivity contribution is 7.81.